The van der Waals surface area contributed by atoms with Crippen LogP contribution in [0, 0.1) is 11.6 Å². The van der Waals surface area contributed by atoms with Crippen molar-refractivity contribution in [2.75, 3.05) is 36.0 Å². The average Bonchev–Trinajstić information content (AvgIpc) is 3.49. The Balaban J connectivity index is 1.28. The van der Waals surface area contributed by atoms with E-state index in [1.165, 1.54) is 18.3 Å². The van der Waals surface area contributed by atoms with E-state index in [9.17, 15) is 26.8 Å². The Morgan fingerprint density at radius 3 is 2.11 bits per heavy atom. The summed E-state index contributed by atoms with van der Waals surface area (Å²) in [5.74, 6) is -1.47. The summed E-state index contributed by atoms with van der Waals surface area (Å²) in [5.41, 5.74) is 2.63. The van der Waals surface area contributed by atoms with Gasteiger partial charge in [-0.1, -0.05) is 30.3 Å². The normalized spacial score (nSPS) is 13.8. The zero-order valence-corrected chi connectivity index (χ0v) is 23.9. The summed E-state index contributed by atoms with van der Waals surface area (Å²) in [7, 11) is -4.25. The second kappa shape index (κ2) is 11.9. The third kappa shape index (κ3) is 6.00. The van der Waals surface area contributed by atoms with Gasteiger partial charge in [-0.3, -0.25) is 15.0 Å². The van der Waals surface area contributed by atoms with Crippen LogP contribution in [0.2, 0.25) is 0 Å². The summed E-state index contributed by atoms with van der Waals surface area (Å²) >= 11 is 0. The van der Waals surface area contributed by atoms with Crippen LogP contribution in [-0.4, -0.2) is 59.7 Å². The number of carbonyl (C=O) groups excluding carboxylic acids is 1. The molecule has 0 aliphatic carbocycles. The van der Waals surface area contributed by atoms with Gasteiger partial charge < -0.3 is 14.4 Å². The van der Waals surface area contributed by atoms with Crippen LogP contribution < -0.4 is 25.6 Å². The van der Waals surface area contributed by atoms with Gasteiger partial charge in [0.05, 0.1) is 11.4 Å². The number of piperazine rings is 1. The lowest BCUT2D eigenvalue weighted by atomic mass is 10.2. The second-order valence-electron chi connectivity index (χ2n) is 10.0. The number of hydrazine groups is 1. The zero-order valence-electron chi connectivity index (χ0n) is 23.1. The maximum Gasteiger partial charge on any atom is 0.288 e. The van der Waals surface area contributed by atoms with Crippen molar-refractivity contribution in [2.24, 2.45) is 0 Å². The van der Waals surface area contributed by atoms with Gasteiger partial charge in [-0.15, -0.1) is 9.93 Å². The SMILES string of the molecule is O=C(NNS(=O)(=O)c1ccc(F)cc1)c1cn(Cc2ccccc2)c2nc(N3CCN(c4ccc(F)cc4)CC3)nn2c1=O. The molecular weight excluding hydrogens is 594 g/mol. The molecule has 6 rings (SSSR count). The van der Waals surface area contributed by atoms with Crippen LogP contribution in [0.4, 0.5) is 20.4 Å². The number of carbonyl (C=O) groups is 1. The maximum atomic E-state index is 13.5. The number of benzene rings is 3. The smallest absolute Gasteiger partial charge is 0.288 e. The molecule has 226 valence electrons. The highest BCUT2D eigenvalue weighted by atomic mass is 32.2. The Bertz CT molecular complexity index is 1970. The van der Waals surface area contributed by atoms with E-state index >= 15 is 0 Å². The molecule has 0 radical (unpaired) electrons. The first-order valence-electron chi connectivity index (χ1n) is 13.6. The van der Waals surface area contributed by atoms with Gasteiger partial charge in [0.1, 0.15) is 17.2 Å². The maximum absolute atomic E-state index is 13.5. The van der Waals surface area contributed by atoms with Crippen molar-refractivity contribution in [3.63, 3.8) is 0 Å². The van der Waals surface area contributed by atoms with Crippen molar-refractivity contribution in [3.8, 4) is 0 Å². The van der Waals surface area contributed by atoms with E-state index in [-0.39, 0.29) is 34.5 Å². The van der Waals surface area contributed by atoms with Crippen molar-refractivity contribution >= 4 is 33.3 Å². The molecule has 1 fully saturated rings. The molecule has 3 aromatic carbocycles. The fourth-order valence-corrected chi connectivity index (χ4v) is 5.69. The summed E-state index contributed by atoms with van der Waals surface area (Å²) in [4.78, 5) is 36.9. The summed E-state index contributed by atoms with van der Waals surface area (Å²) in [6, 6.07) is 19.6. The predicted octanol–water partition coefficient (Wildman–Crippen LogP) is 2.17. The van der Waals surface area contributed by atoms with Crippen LogP contribution >= 0.6 is 0 Å². The van der Waals surface area contributed by atoms with Crippen LogP contribution in [0.25, 0.3) is 5.78 Å². The first-order valence-corrected chi connectivity index (χ1v) is 15.0. The molecule has 2 aromatic heterocycles. The molecule has 0 unspecified atom stereocenters. The molecule has 1 aliphatic rings. The van der Waals surface area contributed by atoms with E-state index in [2.05, 4.69) is 20.4 Å². The van der Waals surface area contributed by atoms with E-state index in [1.54, 1.807) is 16.7 Å². The van der Waals surface area contributed by atoms with Crippen molar-refractivity contribution in [3.05, 3.63) is 118 Å². The van der Waals surface area contributed by atoms with Gasteiger partial charge in [0.2, 0.25) is 11.7 Å². The minimum absolute atomic E-state index is 0.193. The third-order valence-corrected chi connectivity index (χ3v) is 8.42. The second-order valence-corrected chi connectivity index (χ2v) is 11.7. The molecule has 0 saturated carbocycles. The Morgan fingerprint density at radius 2 is 1.45 bits per heavy atom. The molecule has 1 amide bonds. The number of nitrogens with one attached hydrogen (secondary N) is 2. The quantitative estimate of drug-likeness (QED) is 0.252. The van der Waals surface area contributed by atoms with Gasteiger partial charge in [0, 0.05) is 38.1 Å². The highest BCUT2D eigenvalue weighted by Crippen LogP contribution is 2.20. The van der Waals surface area contributed by atoms with Crippen molar-refractivity contribution in [1.82, 2.24) is 29.4 Å². The molecule has 1 aliphatic heterocycles. The first kappa shape index (κ1) is 28.9. The lowest BCUT2D eigenvalue weighted by Gasteiger charge is -2.35. The topological polar surface area (TPSA) is 134 Å². The summed E-state index contributed by atoms with van der Waals surface area (Å²) in [5, 5.41) is 4.43. The van der Waals surface area contributed by atoms with E-state index < -0.39 is 27.3 Å². The summed E-state index contributed by atoms with van der Waals surface area (Å²) < 4.78 is 54.4. The van der Waals surface area contributed by atoms with Crippen LogP contribution in [0.5, 0.6) is 0 Å². The molecule has 12 nitrogen and oxygen atoms in total. The number of amides is 1. The predicted molar refractivity (Wildman–Crippen MR) is 158 cm³/mol. The molecule has 0 atom stereocenters. The van der Waals surface area contributed by atoms with E-state index in [0.29, 0.717) is 26.2 Å². The van der Waals surface area contributed by atoms with E-state index in [1.807, 2.05) is 40.1 Å². The van der Waals surface area contributed by atoms with Crippen molar-refractivity contribution in [1.29, 1.82) is 0 Å². The fraction of sp³-hybridized carbons (Fsp3) is 0.172. The van der Waals surface area contributed by atoms with Gasteiger partial charge in [-0.2, -0.15) is 9.50 Å². The number of nitrogens with zero attached hydrogens (tertiary/aromatic N) is 6. The molecule has 3 heterocycles. The molecule has 5 aromatic rings. The fourth-order valence-electron chi connectivity index (χ4n) is 4.85. The summed E-state index contributed by atoms with van der Waals surface area (Å²) in [6.45, 7) is 2.51. The largest absolute Gasteiger partial charge is 0.368 e. The monoisotopic (exact) mass is 620 g/mol. The molecule has 0 spiro atoms. The minimum atomic E-state index is -4.25. The first-order chi connectivity index (χ1) is 21.2. The summed E-state index contributed by atoms with van der Waals surface area (Å²) in [6.07, 6.45) is 1.30. The van der Waals surface area contributed by atoms with Crippen LogP contribution in [0.1, 0.15) is 15.9 Å². The van der Waals surface area contributed by atoms with Crippen LogP contribution in [-0.2, 0) is 16.6 Å². The number of hydrogen-bond acceptors (Lipinski definition) is 8. The number of sulfonamides is 1. The molecule has 44 heavy (non-hydrogen) atoms. The van der Waals surface area contributed by atoms with Gasteiger partial charge >= 0.3 is 0 Å². The Kier molecular flexibility index (Phi) is 7.80. The van der Waals surface area contributed by atoms with Gasteiger partial charge in [-0.05, 0) is 54.1 Å². The highest BCUT2D eigenvalue weighted by Gasteiger charge is 2.25. The standard InChI is InChI=1S/C29H26F2N8O4S/c30-21-6-10-23(11-7-21)36-14-16-37(17-15-36)28-32-29-38(18-20-4-2-1-3-5-20)19-25(27(41)39(29)34-28)26(40)33-35-44(42,43)24-12-8-22(31)9-13-24/h1-13,19,35H,14-18H2,(H,33,40). The third-order valence-electron chi connectivity index (χ3n) is 7.16. The molecule has 1 saturated heterocycles. The Hall–Kier alpha value is -5.15. The molecule has 15 heteroatoms. The zero-order chi connectivity index (χ0) is 30.8. The average molecular weight is 621 g/mol. The number of rotatable bonds is 8. The lowest BCUT2D eigenvalue weighted by Crippen LogP contribution is -2.47. The van der Waals surface area contributed by atoms with Crippen molar-refractivity contribution in [2.45, 2.75) is 11.4 Å². The Labute approximate surface area is 250 Å². The number of anilines is 2. The van der Waals surface area contributed by atoms with Crippen molar-refractivity contribution < 1.29 is 22.0 Å². The Morgan fingerprint density at radius 1 is 0.841 bits per heavy atom. The van der Waals surface area contributed by atoms with E-state index in [4.69, 9.17) is 0 Å². The van der Waals surface area contributed by atoms with Gasteiger partial charge in [0.25, 0.3) is 21.5 Å². The number of halogens is 2. The minimum Gasteiger partial charge on any atom is -0.368 e. The van der Waals surface area contributed by atoms with Gasteiger partial charge in [0.15, 0.2) is 0 Å². The molecule has 2 N–H and O–H groups in total. The molecular formula is C29H26F2N8O4S. The number of aromatic nitrogens is 4. The van der Waals surface area contributed by atoms with Crippen LogP contribution in [0.3, 0.4) is 0 Å². The van der Waals surface area contributed by atoms with Gasteiger partial charge in [-0.25, -0.2) is 17.2 Å². The van der Waals surface area contributed by atoms with E-state index in [0.717, 1.165) is 40.0 Å². The number of fused-ring (bicyclic) bond motifs is 1. The number of hydrogen-bond donors (Lipinski definition) is 2. The lowest BCUT2D eigenvalue weighted by molar-refractivity contribution is 0.0942. The molecule has 0 bridgehead atoms. The highest BCUT2D eigenvalue weighted by molar-refractivity contribution is 7.89. The van der Waals surface area contributed by atoms with Crippen LogP contribution in [0.15, 0.2) is 94.7 Å².